The van der Waals surface area contributed by atoms with Crippen LogP contribution in [0, 0.1) is 0 Å². The molecule has 5 heteroatoms. The number of nitrogens with one attached hydrogen (secondary N) is 1. The summed E-state index contributed by atoms with van der Waals surface area (Å²) in [5, 5.41) is 2.44. The SMILES string of the molecule is Brc1ccc2[nH]ccc2c1.Brc1ccc2c(ccn2-c2ccccc2OCc2ccccc2)c1.C. The van der Waals surface area contributed by atoms with Crippen LogP contribution >= 0.6 is 31.9 Å². The molecule has 0 saturated carbocycles. The van der Waals surface area contributed by atoms with Crippen molar-refractivity contribution in [3.05, 3.63) is 130 Å². The lowest BCUT2D eigenvalue weighted by molar-refractivity contribution is 0.305. The highest BCUT2D eigenvalue weighted by atomic mass is 79.9. The van der Waals surface area contributed by atoms with E-state index in [1.54, 1.807) is 0 Å². The van der Waals surface area contributed by atoms with Gasteiger partial charge in [0.2, 0.25) is 0 Å². The zero-order chi connectivity index (χ0) is 23.3. The molecule has 0 atom stereocenters. The van der Waals surface area contributed by atoms with E-state index < -0.39 is 0 Å². The van der Waals surface area contributed by atoms with Gasteiger partial charge in [0.15, 0.2) is 0 Å². The van der Waals surface area contributed by atoms with E-state index in [1.165, 1.54) is 16.3 Å². The molecule has 0 amide bonds. The smallest absolute Gasteiger partial charge is 0.143 e. The first kappa shape index (κ1) is 24.8. The lowest BCUT2D eigenvalue weighted by Crippen LogP contribution is -2.00. The van der Waals surface area contributed by atoms with Crippen molar-refractivity contribution in [3.63, 3.8) is 0 Å². The van der Waals surface area contributed by atoms with E-state index in [2.05, 4.69) is 108 Å². The molecule has 0 unspecified atom stereocenters. The summed E-state index contributed by atoms with van der Waals surface area (Å²) in [5.41, 5.74) is 4.55. The minimum Gasteiger partial charge on any atom is -0.487 e. The number of nitrogens with zero attached hydrogens (tertiary/aromatic N) is 1. The first-order chi connectivity index (χ1) is 16.7. The van der Waals surface area contributed by atoms with Crippen LogP contribution in [0.3, 0.4) is 0 Å². The summed E-state index contributed by atoms with van der Waals surface area (Å²) in [6.07, 6.45) is 4.03. The number of hydrogen-bond donors (Lipinski definition) is 1. The quantitative estimate of drug-likeness (QED) is 0.218. The second-order valence-electron chi connectivity index (χ2n) is 7.84. The van der Waals surface area contributed by atoms with Crippen molar-refractivity contribution >= 4 is 53.7 Å². The summed E-state index contributed by atoms with van der Waals surface area (Å²) < 4.78 is 10.5. The van der Waals surface area contributed by atoms with Gasteiger partial charge in [0, 0.05) is 37.6 Å². The van der Waals surface area contributed by atoms with Gasteiger partial charge in [-0.1, -0.05) is 81.8 Å². The van der Waals surface area contributed by atoms with Crippen LogP contribution in [0.5, 0.6) is 5.75 Å². The Morgan fingerprint density at radius 1 is 0.714 bits per heavy atom. The number of ether oxygens (including phenoxy) is 1. The molecule has 0 fully saturated rings. The van der Waals surface area contributed by atoms with Crippen LogP contribution in [0.25, 0.3) is 27.5 Å². The Bertz CT molecular complexity index is 1540. The minimum atomic E-state index is 0. The Morgan fingerprint density at radius 2 is 1.43 bits per heavy atom. The normalized spacial score (nSPS) is 10.5. The molecule has 4 aromatic carbocycles. The summed E-state index contributed by atoms with van der Waals surface area (Å²) in [6.45, 7) is 0.558. The van der Waals surface area contributed by atoms with Gasteiger partial charge < -0.3 is 14.3 Å². The van der Waals surface area contributed by atoms with Crippen molar-refractivity contribution in [2.24, 2.45) is 0 Å². The van der Waals surface area contributed by atoms with E-state index in [-0.39, 0.29) is 7.43 Å². The summed E-state index contributed by atoms with van der Waals surface area (Å²) in [5.74, 6) is 0.877. The van der Waals surface area contributed by atoms with Crippen molar-refractivity contribution in [2.75, 3.05) is 0 Å². The van der Waals surface area contributed by atoms with Crippen LogP contribution in [0.1, 0.15) is 13.0 Å². The van der Waals surface area contributed by atoms with Gasteiger partial charge in [-0.05, 0) is 66.2 Å². The predicted molar refractivity (Wildman–Crippen MR) is 154 cm³/mol. The molecule has 0 bridgehead atoms. The predicted octanol–water partition coefficient (Wildman–Crippen LogP) is 9.54. The maximum absolute atomic E-state index is 6.09. The van der Waals surface area contributed by atoms with Gasteiger partial charge in [0.1, 0.15) is 12.4 Å². The molecule has 0 radical (unpaired) electrons. The molecular weight excluding hydrogens is 564 g/mol. The third-order valence-corrected chi connectivity index (χ3v) is 6.52. The lowest BCUT2D eigenvalue weighted by Gasteiger charge is -2.13. The largest absolute Gasteiger partial charge is 0.487 e. The number of fused-ring (bicyclic) bond motifs is 2. The molecule has 2 aromatic heterocycles. The summed E-state index contributed by atoms with van der Waals surface area (Å²) in [6, 6.07) is 35.0. The Balaban J connectivity index is 0.000000220. The molecule has 0 saturated heterocycles. The average Bonchev–Trinajstić information content (AvgIpc) is 3.50. The molecule has 1 N–H and O–H groups in total. The molecule has 2 heterocycles. The van der Waals surface area contributed by atoms with Crippen LogP contribution in [-0.2, 0) is 6.61 Å². The van der Waals surface area contributed by atoms with Crippen molar-refractivity contribution in [1.82, 2.24) is 9.55 Å². The van der Waals surface area contributed by atoms with E-state index >= 15 is 0 Å². The molecule has 0 spiro atoms. The van der Waals surface area contributed by atoms with Gasteiger partial charge in [0.05, 0.1) is 11.2 Å². The number of halogens is 2. The number of H-pyrrole nitrogens is 1. The molecule has 3 nitrogen and oxygen atoms in total. The molecule has 6 rings (SSSR count). The maximum Gasteiger partial charge on any atom is 0.143 e. The van der Waals surface area contributed by atoms with Gasteiger partial charge in [-0.3, -0.25) is 0 Å². The third kappa shape index (κ3) is 5.87. The third-order valence-electron chi connectivity index (χ3n) is 5.53. The van der Waals surface area contributed by atoms with Crippen LogP contribution in [-0.4, -0.2) is 9.55 Å². The number of benzene rings is 4. The summed E-state index contributed by atoms with van der Waals surface area (Å²) >= 11 is 6.93. The van der Waals surface area contributed by atoms with Gasteiger partial charge in [-0.25, -0.2) is 0 Å². The fourth-order valence-electron chi connectivity index (χ4n) is 3.86. The van der Waals surface area contributed by atoms with Crippen LogP contribution < -0.4 is 4.74 Å². The van der Waals surface area contributed by atoms with Crippen molar-refractivity contribution in [2.45, 2.75) is 14.0 Å². The zero-order valence-electron chi connectivity index (χ0n) is 18.3. The molecule has 35 heavy (non-hydrogen) atoms. The molecule has 0 aliphatic carbocycles. The number of para-hydroxylation sites is 2. The second kappa shape index (κ2) is 11.4. The van der Waals surface area contributed by atoms with E-state index in [0.717, 1.165) is 31.5 Å². The van der Waals surface area contributed by atoms with Crippen molar-refractivity contribution in [3.8, 4) is 11.4 Å². The monoisotopic (exact) mass is 588 g/mol. The lowest BCUT2D eigenvalue weighted by atomic mass is 10.2. The van der Waals surface area contributed by atoms with E-state index in [0.29, 0.717) is 6.61 Å². The highest BCUT2D eigenvalue weighted by molar-refractivity contribution is 9.10. The van der Waals surface area contributed by atoms with Crippen molar-refractivity contribution < 1.29 is 4.74 Å². The Kier molecular flexibility index (Phi) is 8.11. The molecular formula is C30H26Br2N2O. The van der Waals surface area contributed by atoms with E-state index in [9.17, 15) is 0 Å². The average molecular weight is 590 g/mol. The summed E-state index contributed by atoms with van der Waals surface area (Å²) in [4.78, 5) is 3.13. The first-order valence-electron chi connectivity index (χ1n) is 10.9. The highest BCUT2D eigenvalue weighted by Gasteiger charge is 2.09. The summed E-state index contributed by atoms with van der Waals surface area (Å²) in [7, 11) is 0. The second-order valence-corrected chi connectivity index (χ2v) is 9.67. The minimum absolute atomic E-state index is 0. The van der Waals surface area contributed by atoms with E-state index in [1.807, 2.05) is 48.7 Å². The Labute approximate surface area is 222 Å². The fourth-order valence-corrected chi connectivity index (χ4v) is 4.62. The first-order valence-corrected chi connectivity index (χ1v) is 12.5. The number of aromatic amines is 1. The highest BCUT2D eigenvalue weighted by Crippen LogP contribution is 2.29. The zero-order valence-corrected chi connectivity index (χ0v) is 21.5. The molecule has 0 aliphatic heterocycles. The Morgan fingerprint density at radius 3 is 2.26 bits per heavy atom. The fraction of sp³-hybridized carbons (Fsp3) is 0.0667. The van der Waals surface area contributed by atoms with Crippen molar-refractivity contribution in [1.29, 1.82) is 0 Å². The molecule has 6 aromatic rings. The van der Waals surface area contributed by atoms with Gasteiger partial charge >= 0.3 is 0 Å². The van der Waals surface area contributed by atoms with Gasteiger partial charge in [-0.2, -0.15) is 0 Å². The molecule has 176 valence electrons. The van der Waals surface area contributed by atoms with Gasteiger partial charge in [-0.15, -0.1) is 0 Å². The molecule has 0 aliphatic rings. The number of hydrogen-bond acceptors (Lipinski definition) is 1. The Hall–Kier alpha value is -3.28. The number of rotatable bonds is 4. The van der Waals surface area contributed by atoms with Crippen LogP contribution in [0.4, 0.5) is 0 Å². The maximum atomic E-state index is 6.09. The topological polar surface area (TPSA) is 29.9 Å². The van der Waals surface area contributed by atoms with Gasteiger partial charge in [0.25, 0.3) is 0 Å². The standard InChI is InChI=1S/C21H16BrNO.C8H6BrN.CH4/c22-18-10-11-19-17(14-18)12-13-23(19)20-8-4-5-9-21(20)24-15-16-6-2-1-3-7-16;9-7-1-2-8-6(5-7)3-4-10-8;/h1-14H,15H2;1-5,10H;1H4. The number of aromatic nitrogens is 2. The van der Waals surface area contributed by atoms with Crippen LogP contribution in [0.2, 0.25) is 0 Å². The van der Waals surface area contributed by atoms with Crippen LogP contribution in [0.15, 0.2) is 124 Å². The van der Waals surface area contributed by atoms with E-state index in [4.69, 9.17) is 4.74 Å².